The third kappa shape index (κ3) is 3.49. The van der Waals surface area contributed by atoms with Crippen LogP contribution in [0.1, 0.15) is 29.6 Å². The number of halogens is 2. The Labute approximate surface area is 130 Å². The fourth-order valence-corrected chi connectivity index (χ4v) is 3.32. The Morgan fingerprint density at radius 1 is 1.45 bits per heavy atom. The fourth-order valence-electron chi connectivity index (χ4n) is 2.47. The smallest absolute Gasteiger partial charge is 0.271 e. The molecule has 2 atom stereocenters. The fraction of sp³-hybridized carbons (Fsp3) is 0.462. The van der Waals surface area contributed by atoms with E-state index in [9.17, 15) is 14.9 Å². The molecule has 0 heterocycles. The van der Waals surface area contributed by atoms with Crippen molar-refractivity contribution in [2.75, 3.05) is 5.88 Å². The molecule has 20 heavy (non-hydrogen) atoms. The molecule has 0 aliphatic heterocycles. The van der Waals surface area contributed by atoms with E-state index in [2.05, 4.69) is 21.2 Å². The third-order valence-corrected chi connectivity index (χ3v) is 4.38. The summed E-state index contributed by atoms with van der Waals surface area (Å²) in [5, 5.41) is 13.7. The van der Waals surface area contributed by atoms with Crippen molar-refractivity contribution in [1.29, 1.82) is 0 Å². The van der Waals surface area contributed by atoms with Gasteiger partial charge in [-0.25, -0.2) is 0 Å². The van der Waals surface area contributed by atoms with Gasteiger partial charge in [0.2, 0.25) is 0 Å². The minimum absolute atomic E-state index is 0.0537. The SMILES string of the molecule is O=C(NC1CCCC1CCl)c1cc(Br)cc([N+](=O)[O-])c1. The summed E-state index contributed by atoms with van der Waals surface area (Å²) in [6, 6.07) is 4.28. The van der Waals surface area contributed by atoms with Gasteiger partial charge in [0.1, 0.15) is 0 Å². The van der Waals surface area contributed by atoms with Crippen LogP contribution in [0.2, 0.25) is 0 Å². The topological polar surface area (TPSA) is 72.2 Å². The number of carbonyl (C=O) groups excluding carboxylic acids is 1. The van der Waals surface area contributed by atoms with Crippen LogP contribution in [0.3, 0.4) is 0 Å². The van der Waals surface area contributed by atoms with Crippen molar-refractivity contribution in [3.05, 3.63) is 38.3 Å². The number of nitrogens with one attached hydrogen (secondary N) is 1. The number of hydrogen-bond acceptors (Lipinski definition) is 3. The average Bonchev–Trinajstić information content (AvgIpc) is 2.85. The minimum atomic E-state index is -0.515. The zero-order chi connectivity index (χ0) is 14.7. The Kier molecular flexibility index (Phi) is 4.99. The number of benzene rings is 1. The minimum Gasteiger partial charge on any atom is -0.349 e. The molecule has 1 aliphatic rings. The number of carbonyl (C=O) groups is 1. The molecular weight excluding hydrogens is 348 g/mol. The number of nitro groups is 1. The lowest BCUT2D eigenvalue weighted by molar-refractivity contribution is -0.385. The highest BCUT2D eigenvalue weighted by Crippen LogP contribution is 2.27. The van der Waals surface area contributed by atoms with E-state index < -0.39 is 4.92 Å². The highest BCUT2D eigenvalue weighted by atomic mass is 79.9. The van der Waals surface area contributed by atoms with Crippen LogP contribution in [0.15, 0.2) is 22.7 Å². The summed E-state index contributed by atoms with van der Waals surface area (Å²) in [6.07, 6.45) is 2.95. The lowest BCUT2D eigenvalue weighted by Gasteiger charge is -2.18. The van der Waals surface area contributed by atoms with Crippen LogP contribution in [0, 0.1) is 16.0 Å². The van der Waals surface area contributed by atoms with Gasteiger partial charge in [-0.3, -0.25) is 14.9 Å². The Morgan fingerprint density at radius 3 is 2.85 bits per heavy atom. The van der Waals surface area contributed by atoms with Crippen molar-refractivity contribution in [3.63, 3.8) is 0 Å². The van der Waals surface area contributed by atoms with Crippen LogP contribution in [-0.2, 0) is 0 Å². The van der Waals surface area contributed by atoms with E-state index in [0.717, 1.165) is 19.3 Å². The van der Waals surface area contributed by atoms with Gasteiger partial charge in [-0.1, -0.05) is 22.4 Å². The van der Waals surface area contributed by atoms with Crippen LogP contribution in [0.25, 0.3) is 0 Å². The zero-order valence-electron chi connectivity index (χ0n) is 10.6. The molecule has 1 amide bonds. The van der Waals surface area contributed by atoms with Gasteiger partial charge in [0.15, 0.2) is 0 Å². The predicted molar refractivity (Wildman–Crippen MR) is 80.1 cm³/mol. The summed E-state index contributed by atoms with van der Waals surface area (Å²) in [7, 11) is 0. The van der Waals surface area contributed by atoms with E-state index >= 15 is 0 Å². The predicted octanol–water partition coefficient (Wildman–Crippen LogP) is 3.49. The standard InChI is InChI=1S/C13H14BrClN2O3/c14-10-4-9(5-11(6-10)17(19)20)13(18)16-12-3-1-2-8(12)7-15/h4-6,8,12H,1-3,7H2,(H,16,18). The quantitative estimate of drug-likeness (QED) is 0.507. The monoisotopic (exact) mass is 360 g/mol. The molecule has 2 unspecified atom stereocenters. The summed E-state index contributed by atoms with van der Waals surface area (Å²) in [4.78, 5) is 22.5. The molecule has 108 valence electrons. The Morgan fingerprint density at radius 2 is 2.20 bits per heavy atom. The van der Waals surface area contributed by atoms with Crippen LogP contribution in [0.5, 0.6) is 0 Å². The van der Waals surface area contributed by atoms with Gasteiger partial charge in [-0.05, 0) is 24.8 Å². The Hall–Kier alpha value is -1.14. The van der Waals surface area contributed by atoms with Gasteiger partial charge in [-0.15, -0.1) is 11.6 Å². The number of rotatable bonds is 4. The summed E-state index contributed by atoms with van der Waals surface area (Å²) in [6.45, 7) is 0. The molecule has 1 N–H and O–H groups in total. The molecule has 1 aromatic carbocycles. The maximum absolute atomic E-state index is 12.2. The molecule has 1 fully saturated rings. The van der Waals surface area contributed by atoms with Crippen molar-refractivity contribution >= 4 is 39.1 Å². The summed E-state index contributed by atoms with van der Waals surface area (Å²) >= 11 is 9.06. The Bertz CT molecular complexity index is 538. The first kappa shape index (κ1) is 15.3. The molecular formula is C13H14BrClN2O3. The molecule has 0 bridgehead atoms. The zero-order valence-corrected chi connectivity index (χ0v) is 13.0. The van der Waals surface area contributed by atoms with Crippen molar-refractivity contribution in [2.24, 2.45) is 5.92 Å². The molecule has 1 aliphatic carbocycles. The summed E-state index contributed by atoms with van der Waals surface area (Å²) in [5.74, 6) is 0.503. The van der Waals surface area contributed by atoms with Crippen molar-refractivity contribution in [1.82, 2.24) is 5.32 Å². The first-order chi connectivity index (χ1) is 9.51. The molecule has 2 rings (SSSR count). The van der Waals surface area contributed by atoms with E-state index in [4.69, 9.17) is 11.6 Å². The normalized spacial score (nSPS) is 21.7. The third-order valence-electron chi connectivity index (χ3n) is 3.53. The van der Waals surface area contributed by atoms with Crippen LogP contribution < -0.4 is 5.32 Å². The van der Waals surface area contributed by atoms with Crippen molar-refractivity contribution in [3.8, 4) is 0 Å². The number of alkyl halides is 1. The molecule has 0 spiro atoms. The number of non-ortho nitro benzene ring substituents is 1. The van der Waals surface area contributed by atoms with Gasteiger partial charge < -0.3 is 5.32 Å². The van der Waals surface area contributed by atoms with Crippen molar-refractivity contribution in [2.45, 2.75) is 25.3 Å². The van der Waals surface area contributed by atoms with Crippen LogP contribution in [-0.4, -0.2) is 22.8 Å². The molecule has 1 saturated carbocycles. The average molecular weight is 362 g/mol. The number of nitro benzene ring substituents is 1. The number of nitrogens with zero attached hydrogens (tertiary/aromatic N) is 1. The van der Waals surface area contributed by atoms with Crippen LogP contribution >= 0.6 is 27.5 Å². The summed E-state index contributed by atoms with van der Waals surface area (Å²) < 4.78 is 0.511. The number of amides is 1. The second-order valence-corrected chi connectivity index (χ2v) is 6.10. The van der Waals surface area contributed by atoms with E-state index in [-0.39, 0.29) is 29.1 Å². The maximum atomic E-state index is 12.2. The van der Waals surface area contributed by atoms with Gasteiger partial charge in [0.25, 0.3) is 11.6 Å². The first-order valence-corrected chi connectivity index (χ1v) is 7.66. The largest absolute Gasteiger partial charge is 0.349 e. The summed E-state index contributed by atoms with van der Waals surface area (Å²) in [5.41, 5.74) is 0.177. The lowest BCUT2D eigenvalue weighted by Crippen LogP contribution is -2.37. The van der Waals surface area contributed by atoms with E-state index in [1.165, 1.54) is 12.1 Å². The molecule has 0 aromatic heterocycles. The van der Waals surface area contributed by atoms with Gasteiger partial charge in [0, 0.05) is 34.1 Å². The lowest BCUT2D eigenvalue weighted by atomic mass is 10.1. The van der Waals surface area contributed by atoms with E-state index in [0.29, 0.717) is 10.4 Å². The molecule has 5 nitrogen and oxygen atoms in total. The second-order valence-electron chi connectivity index (χ2n) is 4.88. The van der Waals surface area contributed by atoms with E-state index in [1.54, 1.807) is 6.07 Å². The van der Waals surface area contributed by atoms with Crippen LogP contribution in [0.4, 0.5) is 5.69 Å². The van der Waals surface area contributed by atoms with Gasteiger partial charge >= 0.3 is 0 Å². The molecule has 7 heteroatoms. The van der Waals surface area contributed by atoms with Crippen molar-refractivity contribution < 1.29 is 9.72 Å². The highest BCUT2D eigenvalue weighted by Gasteiger charge is 2.28. The highest BCUT2D eigenvalue weighted by molar-refractivity contribution is 9.10. The molecule has 0 saturated heterocycles. The molecule has 0 radical (unpaired) electrons. The maximum Gasteiger partial charge on any atom is 0.271 e. The van der Waals surface area contributed by atoms with Gasteiger partial charge in [0.05, 0.1) is 4.92 Å². The number of hydrogen-bond donors (Lipinski definition) is 1. The Balaban J connectivity index is 2.15. The molecule has 1 aromatic rings. The first-order valence-electron chi connectivity index (χ1n) is 6.33. The van der Waals surface area contributed by atoms with E-state index in [1.807, 2.05) is 0 Å². The second kappa shape index (κ2) is 6.54. The van der Waals surface area contributed by atoms with Gasteiger partial charge in [-0.2, -0.15) is 0 Å².